The van der Waals surface area contributed by atoms with E-state index in [2.05, 4.69) is 0 Å². The minimum absolute atomic E-state index is 0.0273. The van der Waals surface area contributed by atoms with E-state index in [1.54, 1.807) is 31.2 Å². The molecule has 118 valence electrons. The Morgan fingerprint density at radius 3 is 2.32 bits per heavy atom. The monoisotopic (exact) mass is 325 g/mol. The number of fused-ring (bicyclic) bond motifs is 1. The predicted molar refractivity (Wildman–Crippen MR) is 78.7 cm³/mol. The van der Waals surface area contributed by atoms with Crippen LogP contribution in [0.1, 0.15) is 34.1 Å². The molecule has 6 nitrogen and oxygen atoms in total. The third-order valence-corrected chi connectivity index (χ3v) is 3.53. The van der Waals surface area contributed by atoms with Gasteiger partial charge in [0.1, 0.15) is 6.73 Å². The maximum atomic E-state index is 12.1. The zero-order valence-electron chi connectivity index (χ0n) is 12.1. The number of ether oxygens (including phenoxy) is 2. The van der Waals surface area contributed by atoms with Crippen molar-refractivity contribution in [1.29, 1.82) is 0 Å². The van der Waals surface area contributed by atoms with Crippen molar-refractivity contribution in [1.82, 2.24) is 4.90 Å². The molecular weight excluding hydrogens is 310 g/mol. The number of carbonyl (C=O) groups is 3. The van der Waals surface area contributed by atoms with Gasteiger partial charge in [0, 0.05) is 5.88 Å². The zero-order chi connectivity index (χ0) is 16.1. The fourth-order valence-corrected chi connectivity index (χ4v) is 2.30. The third kappa shape index (κ3) is 3.45. The standard InChI is InChI=1S/C15H16ClNO5/c1-2-21-13(18)7-10(8-16)22-9-17-14(19)11-5-3-4-6-12(11)15(17)20/h3-6,10H,2,7-9H2,1H3/t10-/m0/s1. The maximum Gasteiger partial charge on any atom is 0.308 e. The molecule has 0 bridgehead atoms. The fourth-order valence-electron chi connectivity index (χ4n) is 2.10. The van der Waals surface area contributed by atoms with Crippen molar-refractivity contribution in [2.45, 2.75) is 19.4 Å². The highest BCUT2D eigenvalue weighted by Crippen LogP contribution is 2.22. The number of benzene rings is 1. The quantitative estimate of drug-likeness (QED) is 0.434. The first-order valence-corrected chi connectivity index (χ1v) is 7.40. The van der Waals surface area contributed by atoms with Crippen molar-refractivity contribution < 1.29 is 23.9 Å². The topological polar surface area (TPSA) is 72.9 Å². The van der Waals surface area contributed by atoms with Crippen LogP contribution in [0.25, 0.3) is 0 Å². The SMILES string of the molecule is CCOC(=O)C[C@@H](CCl)OCN1C(=O)c2ccccc2C1=O. The lowest BCUT2D eigenvalue weighted by Gasteiger charge is -2.19. The van der Waals surface area contributed by atoms with Crippen molar-refractivity contribution in [3.63, 3.8) is 0 Å². The predicted octanol–water partition coefficient (Wildman–Crippen LogP) is 1.82. The summed E-state index contributed by atoms with van der Waals surface area (Å²) >= 11 is 5.74. The van der Waals surface area contributed by atoms with Gasteiger partial charge < -0.3 is 9.47 Å². The van der Waals surface area contributed by atoms with Gasteiger partial charge in [0.2, 0.25) is 0 Å². The highest BCUT2D eigenvalue weighted by molar-refractivity contribution is 6.21. The largest absolute Gasteiger partial charge is 0.466 e. The summed E-state index contributed by atoms with van der Waals surface area (Å²) in [6, 6.07) is 6.56. The van der Waals surface area contributed by atoms with Gasteiger partial charge in [-0.3, -0.25) is 14.4 Å². The molecule has 0 aliphatic carbocycles. The average Bonchev–Trinajstić information content (AvgIpc) is 2.76. The number of halogens is 1. The van der Waals surface area contributed by atoms with E-state index in [0.717, 1.165) is 4.90 Å². The number of esters is 1. The number of hydrogen-bond donors (Lipinski definition) is 0. The Bertz CT molecular complexity index is 554. The molecule has 1 aromatic carbocycles. The van der Waals surface area contributed by atoms with Crippen LogP contribution in [0, 0.1) is 0 Å². The van der Waals surface area contributed by atoms with Crippen LogP contribution in [-0.2, 0) is 14.3 Å². The summed E-state index contributed by atoms with van der Waals surface area (Å²) in [4.78, 5) is 36.7. The molecule has 1 aliphatic rings. The molecule has 0 fully saturated rings. The lowest BCUT2D eigenvalue weighted by Crippen LogP contribution is -2.35. The van der Waals surface area contributed by atoms with Crippen LogP contribution in [0.4, 0.5) is 0 Å². The highest BCUT2D eigenvalue weighted by atomic mass is 35.5. The van der Waals surface area contributed by atoms with Gasteiger partial charge >= 0.3 is 5.97 Å². The number of alkyl halides is 1. The fraction of sp³-hybridized carbons (Fsp3) is 0.400. The molecule has 0 saturated heterocycles. The molecule has 1 aliphatic heterocycles. The average molecular weight is 326 g/mol. The second-order valence-corrected chi connectivity index (χ2v) is 4.97. The van der Waals surface area contributed by atoms with Gasteiger partial charge in [-0.25, -0.2) is 4.90 Å². The molecule has 1 atom stereocenters. The van der Waals surface area contributed by atoms with E-state index in [9.17, 15) is 14.4 Å². The molecule has 1 aromatic rings. The van der Waals surface area contributed by atoms with Crippen LogP contribution in [-0.4, -0.2) is 48.0 Å². The van der Waals surface area contributed by atoms with Gasteiger partial charge in [-0.2, -0.15) is 0 Å². The number of rotatable bonds is 7. The first kappa shape index (κ1) is 16.5. The van der Waals surface area contributed by atoms with Gasteiger partial charge in [-0.15, -0.1) is 11.6 Å². The molecule has 0 N–H and O–H groups in total. The van der Waals surface area contributed by atoms with Gasteiger partial charge in [-0.1, -0.05) is 12.1 Å². The van der Waals surface area contributed by atoms with Crippen LogP contribution < -0.4 is 0 Å². The Labute approximate surface area is 132 Å². The summed E-state index contributed by atoms with van der Waals surface area (Å²) in [6.07, 6.45) is -0.648. The van der Waals surface area contributed by atoms with E-state index in [-0.39, 0.29) is 25.6 Å². The second-order valence-electron chi connectivity index (χ2n) is 4.67. The minimum Gasteiger partial charge on any atom is -0.466 e. The van der Waals surface area contributed by atoms with Crippen LogP contribution in [0.2, 0.25) is 0 Å². The maximum absolute atomic E-state index is 12.1. The molecule has 0 unspecified atom stereocenters. The van der Waals surface area contributed by atoms with Crippen LogP contribution in [0.15, 0.2) is 24.3 Å². The highest BCUT2D eigenvalue weighted by Gasteiger charge is 2.35. The molecule has 0 radical (unpaired) electrons. The van der Waals surface area contributed by atoms with Crippen molar-refractivity contribution in [3.05, 3.63) is 35.4 Å². The Hall–Kier alpha value is -1.92. The number of nitrogens with zero attached hydrogens (tertiary/aromatic N) is 1. The first-order valence-electron chi connectivity index (χ1n) is 6.86. The number of hydrogen-bond acceptors (Lipinski definition) is 5. The van der Waals surface area contributed by atoms with Crippen molar-refractivity contribution in [3.8, 4) is 0 Å². The molecular formula is C15H16ClNO5. The zero-order valence-corrected chi connectivity index (χ0v) is 12.8. The van der Waals surface area contributed by atoms with Crippen LogP contribution >= 0.6 is 11.6 Å². The van der Waals surface area contributed by atoms with E-state index in [0.29, 0.717) is 11.1 Å². The number of imide groups is 1. The van der Waals surface area contributed by atoms with E-state index in [4.69, 9.17) is 21.1 Å². The molecule has 22 heavy (non-hydrogen) atoms. The van der Waals surface area contributed by atoms with Gasteiger partial charge in [0.15, 0.2) is 0 Å². The number of carbonyl (C=O) groups excluding carboxylic acids is 3. The normalized spacial score (nSPS) is 14.9. The first-order chi connectivity index (χ1) is 10.6. The van der Waals surface area contributed by atoms with Gasteiger partial charge in [0.05, 0.1) is 30.3 Å². The number of amides is 2. The Kier molecular flexibility index (Phi) is 5.51. The van der Waals surface area contributed by atoms with Gasteiger partial charge in [-0.05, 0) is 19.1 Å². The van der Waals surface area contributed by atoms with Crippen molar-refractivity contribution in [2.75, 3.05) is 19.2 Å². The molecule has 0 saturated carbocycles. The summed E-state index contributed by atoms with van der Waals surface area (Å²) in [7, 11) is 0. The summed E-state index contributed by atoms with van der Waals surface area (Å²) in [6.45, 7) is 1.72. The van der Waals surface area contributed by atoms with E-state index < -0.39 is 23.9 Å². The molecule has 7 heteroatoms. The Morgan fingerprint density at radius 2 is 1.82 bits per heavy atom. The van der Waals surface area contributed by atoms with E-state index >= 15 is 0 Å². The summed E-state index contributed by atoms with van der Waals surface area (Å²) in [5.74, 6) is -1.20. The van der Waals surface area contributed by atoms with Gasteiger partial charge in [0.25, 0.3) is 11.8 Å². The Balaban J connectivity index is 1.96. The summed E-state index contributed by atoms with van der Waals surface area (Å²) in [5.41, 5.74) is 0.702. The van der Waals surface area contributed by atoms with Crippen molar-refractivity contribution >= 4 is 29.4 Å². The summed E-state index contributed by atoms with van der Waals surface area (Å²) < 4.78 is 10.2. The molecule has 2 amide bonds. The van der Waals surface area contributed by atoms with Crippen molar-refractivity contribution in [2.24, 2.45) is 0 Å². The third-order valence-electron chi connectivity index (χ3n) is 3.19. The molecule has 2 rings (SSSR count). The Morgan fingerprint density at radius 1 is 1.23 bits per heavy atom. The smallest absolute Gasteiger partial charge is 0.308 e. The minimum atomic E-state index is -0.620. The molecule has 0 spiro atoms. The van der Waals surface area contributed by atoms with Crippen LogP contribution in [0.3, 0.4) is 0 Å². The summed E-state index contributed by atoms with van der Waals surface area (Å²) in [5, 5.41) is 0. The second kappa shape index (κ2) is 7.38. The van der Waals surface area contributed by atoms with E-state index in [1.807, 2.05) is 0 Å². The molecule has 0 aromatic heterocycles. The van der Waals surface area contributed by atoms with E-state index in [1.165, 1.54) is 0 Å². The lowest BCUT2D eigenvalue weighted by atomic mass is 10.1. The lowest BCUT2D eigenvalue weighted by molar-refractivity contribution is -0.146. The molecule has 1 heterocycles. The van der Waals surface area contributed by atoms with Crippen LogP contribution in [0.5, 0.6) is 0 Å².